The van der Waals surface area contributed by atoms with Gasteiger partial charge in [0.2, 0.25) is 0 Å². The number of esters is 1. The average Bonchev–Trinajstić information content (AvgIpc) is 2.44. The Bertz CT molecular complexity index is 581. The number of alkyl carbamates (subject to hydrolysis) is 1. The molecular formula is C19H29NO5. The zero-order chi connectivity index (χ0) is 19.3. The molecule has 140 valence electrons. The highest BCUT2D eigenvalue weighted by molar-refractivity contribution is 5.81. The molecule has 0 radical (unpaired) electrons. The molecule has 0 saturated heterocycles. The molecule has 0 aliphatic heterocycles. The number of nitrogens with one attached hydrogen (secondary N) is 1. The van der Waals surface area contributed by atoms with Gasteiger partial charge in [0.05, 0.1) is 7.11 Å². The number of amides is 1. The summed E-state index contributed by atoms with van der Waals surface area (Å²) in [5, 5.41) is 2.56. The molecule has 0 saturated carbocycles. The van der Waals surface area contributed by atoms with Crippen LogP contribution < -0.4 is 10.1 Å². The van der Waals surface area contributed by atoms with Crippen LogP contribution in [0, 0.1) is 0 Å². The van der Waals surface area contributed by atoms with Crippen LogP contribution in [-0.2, 0) is 20.7 Å². The molecule has 0 spiro atoms. The second kappa shape index (κ2) is 8.23. The van der Waals surface area contributed by atoms with Gasteiger partial charge in [-0.25, -0.2) is 9.59 Å². The molecule has 1 amide bonds. The molecule has 6 nitrogen and oxygen atoms in total. The second-order valence-corrected chi connectivity index (χ2v) is 7.78. The molecular weight excluding hydrogens is 322 g/mol. The molecule has 0 bridgehead atoms. The van der Waals surface area contributed by atoms with Gasteiger partial charge >= 0.3 is 12.1 Å². The summed E-state index contributed by atoms with van der Waals surface area (Å²) < 4.78 is 15.7. The summed E-state index contributed by atoms with van der Waals surface area (Å²) in [6, 6.07) is 6.56. The number of hydrogen-bond donors (Lipinski definition) is 1. The van der Waals surface area contributed by atoms with E-state index in [1.165, 1.54) is 7.11 Å². The van der Waals surface area contributed by atoms with Crippen LogP contribution in [0.15, 0.2) is 24.3 Å². The van der Waals surface area contributed by atoms with Gasteiger partial charge in [0, 0.05) is 6.42 Å². The minimum Gasteiger partial charge on any atom is -0.488 e. The Morgan fingerprint density at radius 1 is 1.00 bits per heavy atom. The van der Waals surface area contributed by atoms with E-state index in [0.717, 1.165) is 11.3 Å². The zero-order valence-electron chi connectivity index (χ0n) is 16.1. The van der Waals surface area contributed by atoms with Gasteiger partial charge < -0.3 is 19.5 Å². The van der Waals surface area contributed by atoms with E-state index in [9.17, 15) is 9.59 Å². The SMILES string of the molecule is COC(=O)[C@@H](Cc1ccc(OC(C)(C)C)cc1)NC(=O)OC(C)(C)C. The fraction of sp³-hybridized carbons (Fsp3) is 0.579. The van der Waals surface area contributed by atoms with E-state index < -0.39 is 23.7 Å². The molecule has 25 heavy (non-hydrogen) atoms. The number of hydrogen-bond acceptors (Lipinski definition) is 5. The van der Waals surface area contributed by atoms with E-state index in [-0.39, 0.29) is 5.60 Å². The highest BCUT2D eigenvalue weighted by atomic mass is 16.6. The molecule has 0 aliphatic rings. The lowest BCUT2D eigenvalue weighted by Gasteiger charge is -2.23. The number of carbonyl (C=O) groups is 2. The summed E-state index contributed by atoms with van der Waals surface area (Å²) in [5.74, 6) is 0.215. The van der Waals surface area contributed by atoms with Crippen LogP contribution in [0.3, 0.4) is 0 Å². The van der Waals surface area contributed by atoms with Crippen molar-refractivity contribution in [1.29, 1.82) is 0 Å². The first-order valence-electron chi connectivity index (χ1n) is 8.25. The standard InChI is InChI=1S/C19H29NO5/c1-18(2,3)24-14-10-8-13(9-11-14)12-15(16(21)23-7)20-17(22)25-19(4,5)6/h8-11,15H,12H2,1-7H3,(H,20,22)/t15-/m1/s1. The van der Waals surface area contributed by atoms with E-state index in [4.69, 9.17) is 14.2 Å². The topological polar surface area (TPSA) is 73.9 Å². The van der Waals surface area contributed by atoms with E-state index in [1.807, 2.05) is 45.0 Å². The normalized spacial score (nSPS) is 12.9. The smallest absolute Gasteiger partial charge is 0.408 e. The maximum absolute atomic E-state index is 12.0. The van der Waals surface area contributed by atoms with E-state index >= 15 is 0 Å². The van der Waals surface area contributed by atoms with Crippen molar-refractivity contribution in [1.82, 2.24) is 5.32 Å². The van der Waals surface area contributed by atoms with Crippen LogP contribution in [0.2, 0.25) is 0 Å². The highest BCUT2D eigenvalue weighted by Gasteiger charge is 2.25. The second-order valence-electron chi connectivity index (χ2n) is 7.78. The monoisotopic (exact) mass is 351 g/mol. The van der Waals surface area contributed by atoms with Crippen LogP contribution in [-0.4, -0.2) is 36.4 Å². The maximum Gasteiger partial charge on any atom is 0.408 e. The van der Waals surface area contributed by atoms with Crippen molar-refractivity contribution in [3.8, 4) is 5.75 Å². The van der Waals surface area contributed by atoms with Crippen molar-refractivity contribution in [2.75, 3.05) is 7.11 Å². The average molecular weight is 351 g/mol. The summed E-state index contributed by atoms with van der Waals surface area (Å²) in [5.41, 5.74) is -0.0573. The summed E-state index contributed by atoms with van der Waals surface area (Å²) in [4.78, 5) is 23.9. The van der Waals surface area contributed by atoms with Crippen molar-refractivity contribution in [2.45, 2.75) is 65.2 Å². The molecule has 1 N–H and O–H groups in total. The van der Waals surface area contributed by atoms with Crippen LogP contribution in [0.25, 0.3) is 0 Å². The number of benzene rings is 1. The molecule has 0 heterocycles. The Balaban J connectivity index is 2.78. The van der Waals surface area contributed by atoms with Crippen molar-refractivity contribution < 1.29 is 23.8 Å². The van der Waals surface area contributed by atoms with Crippen LogP contribution in [0.1, 0.15) is 47.1 Å². The molecule has 6 heteroatoms. The predicted octanol–water partition coefficient (Wildman–Crippen LogP) is 3.47. The van der Waals surface area contributed by atoms with Crippen LogP contribution in [0.4, 0.5) is 4.79 Å². The van der Waals surface area contributed by atoms with E-state index in [1.54, 1.807) is 20.8 Å². The molecule has 0 aliphatic carbocycles. The Labute approximate surface area is 149 Å². The Hall–Kier alpha value is -2.24. The van der Waals surface area contributed by atoms with Crippen molar-refractivity contribution >= 4 is 12.1 Å². The molecule has 1 aromatic rings. The molecule has 1 rings (SSSR count). The van der Waals surface area contributed by atoms with Gasteiger partial charge in [-0.3, -0.25) is 0 Å². The van der Waals surface area contributed by atoms with Crippen molar-refractivity contribution in [3.63, 3.8) is 0 Å². The lowest BCUT2D eigenvalue weighted by Crippen LogP contribution is -2.45. The summed E-state index contributed by atoms with van der Waals surface area (Å²) >= 11 is 0. The van der Waals surface area contributed by atoms with Gasteiger partial charge in [-0.2, -0.15) is 0 Å². The third-order valence-corrected chi connectivity index (χ3v) is 2.96. The van der Waals surface area contributed by atoms with Gasteiger partial charge in [0.25, 0.3) is 0 Å². The molecule has 1 aromatic carbocycles. The Kier molecular flexibility index (Phi) is 6.85. The van der Waals surface area contributed by atoms with Gasteiger partial charge in [0.1, 0.15) is 23.0 Å². The first-order chi connectivity index (χ1) is 11.4. The molecule has 0 fully saturated rings. The zero-order valence-corrected chi connectivity index (χ0v) is 16.1. The Morgan fingerprint density at radius 2 is 1.56 bits per heavy atom. The first-order valence-corrected chi connectivity index (χ1v) is 8.25. The van der Waals surface area contributed by atoms with Crippen molar-refractivity contribution in [2.24, 2.45) is 0 Å². The summed E-state index contributed by atoms with van der Waals surface area (Å²) in [6.07, 6.45) is -0.363. The van der Waals surface area contributed by atoms with Crippen LogP contribution in [0.5, 0.6) is 5.75 Å². The van der Waals surface area contributed by atoms with E-state index in [2.05, 4.69) is 5.32 Å². The number of methoxy groups -OCH3 is 1. The van der Waals surface area contributed by atoms with Gasteiger partial charge in [0.15, 0.2) is 0 Å². The lowest BCUT2D eigenvalue weighted by molar-refractivity contribution is -0.143. The lowest BCUT2D eigenvalue weighted by atomic mass is 10.1. The molecule has 0 unspecified atom stereocenters. The first kappa shape index (κ1) is 20.8. The van der Waals surface area contributed by atoms with Crippen molar-refractivity contribution in [3.05, 3.63) is 29.8 Å². The maximum atomic E-state index is 12.0. The quantitative estimate of drug-likeness (QED) is 0.822. The van der Waals surface area contributed by atoms with Gasteiger partial charge in [-0.1, -0.05) is 12.1 Å². The number of carbonyl (C=O) groups excluding carboxylic acids is 2. The number of rotatable bonds is 5. The third-order valence-electron chi connectivity index (χ3n) is 2.96. The third kappa shape index (κ3) is 8.42. The minimum atomic E-state index is -0.825. The molecule has 1 atom stereocenters. The summed E-state index contributed by atoms with van der Waals surface area (Å²) in [7, 11) is 1.28. The highest BCUT2D eigenvalue weighted by Crippen LogP contribution is 2.19. The summed E-state index contributed by atoms with van der Waals surface area (Å²) in [6.45, 7) is 11.2. The fourth-order valence-corrected chi connectivity index (χ4v) is 2.07. The van der Waals surface area contributed by atoms with Crippen LogP contribution >= 0.6 is 0 Å². The van der Waals surface area contributed by atoms with Gasteiger partial charge in [-0.15, -0.1) is 0 Å². The number of ether oxygens (including phenoxy) is 3. The Morgan fingerprint density at radius 3 is 2.00 bits per heavy atom. The largest absolute Gasteiger partial charge is 0.488 e. The van der Waals surface area contributed by atoms with Gasteiger partial charge in [-0.05, 0) is 59.2 Å². The predicted molar refractivity (Wildman–Crippen MR) is 95.7 cm³/mol. The minimum absolute atomic E-state index is 0.283. The van der Waals surface area contributed by atoms with E-state index in [0.29, 0.717) is 6.42 Å². The molecule has 0 aromatic heterocycles. The fourth-order valence-electron chi connectivity index (χ4n) is 2.07.